The average molecular weight is 328 g/mol. The van der Waals surface area contributed by atoms with Gasteiger partial charge < -0.3 is 20.1 Å². The fourth-order valence-electron chi connectivity index (χ4n) is 2.45. The number of hydrogen-bond acceptors (Lipinski definition) is 3. The molecule has 5 nitrogen and oxygen atoms in total. The zero-order valence-corrected chi connectivity index (χ0v) is 14.2. The molecule has 5 heteroatoms. The van der Waals surface area contributed by atoms with Crippen LogP contribution in [0.4, 0.5) is 4.79 Å². The number of amides is 2. The standard InChI is InChI=1S/C19H24N2O3/c1-21(14-16-10-11-18(24-2)17(22)13-16)19(23)20-12-6-9-15-7-4-3-5-8-15/h3-5,7-8,10-11,13,22H,6,9,12,14H2,1-2H3,(H,20,23). The number of hydrogen-bond donors (Lipinski definition) is 2. The first-order valence-electron chi connectivity index (χ1n) is 7.99. The van der Waals surface area contributed by atoms with Crippen LogP contribution < -0.4 is 10.1 Å². The summed E-state index contributed by atoms with van der Waals surface area (Å²) in [4.78, 5) is 13.7. The number of rotatable bonds is 7. The highest BCUT2D eigenvalue weighted by Crippen LogP contribution is 2.26. The zero-order valence-electron chi connectivity index (χ0n) is 14.2. The first-order chi connectivity index (χ1) is 11.6. The molecule has 0 radical (unpaired) electrons. The van der Waals surface area contributed by atoms with E-state index in [-0.39, 0.29) is 11.8 Å². The van der Waals surface area contributed by atoms with E-state index in [0.29, 0.717) is 18.8 Å². The molecular weight excluding hydrogens is 304 g/mol. The van der Waals surface area contributed by atoms with Gasteiger partial charge in [0.1, 0.15) is 0 Å². The molecule has 0 spiro atoms. The van der Waals surface area contributed by atoms with Crippen LogP contribution in [0.1, 0.15) is 17.5 Å². The van der Waals surface area contributed by atoms with Gasteiger partial charge in [0.2, 0.25) is 0 Å². The van der Waals surface area contributed by atoms with Gasteiger partial charge in [-0.05, 0) is 36.1 Å². The monoisotopic (exact) mass is 328 g/mol. The van der Waals surface area contributed by atoms with E-state index in [1.165, 1.54) is 12.7 Å². The van der Waals surface area contributed by atoms with Crippen LogP contribution in [0.15, 0.2) is 48.5 Å². The lowest BCUT2D eigenvalue weighted by molar-refractivity contribution is 0.206. The Kier molecular flexibility index (Phi) is 6.49. The first-order valence-corrected chi connectivity index (χ1v) is 7.99. The summed E-state index contributed by atoms with van der Waals surface area (Å²) in [5, 5.41) is 12.7. The van der Waals surface area contributed by atoms with E-state index in [2.05, 4.69) is 17.4 Å². The molecular formula is C19H24N2O3. The van der Waals surface area contributed by atoms with E-state index in [1.807, 2.05) is 24.3 Å². The summed E-state index contributed by atoms with van der Waals surface area (Å²) in [7, 11) is 3.23. The predicted octanol–water partition coefficient (Wildman–Crippen LogP) is 3.18. The van der Waals surface area contributed by atoms with Crippen molar-refractivity contribution in [2.45, 2.75) is 19.4 Å². The largest absolute Gasteiger partial charge is 0.504 e. The number of nitrogens with one attached hydrogen (secondary N) is 1. The molecule has 0 unspecified atom stereocenters. The van der Waals surface area contributed by atoms with E-state index in [9.17, 15) is 9.90 Å². The molecule has 2 aromatic carbocycles. The SMILES string of the molecule is COc1ccc(CN(C)C(=O)NCCCc2ccccc2)cc1O. The predicted molar refractivity (Wildman–Crippen MR) is 94.3 cm³/mol. The summed E-state index contributed by atoms with van der Waals surface area (Å²) in [6, 6.07) is 15.2. The molecule has 0 bridgehead atoms. The summed E-state index contributed by atoms with van der Waals surface area (Å²) in [6.45, 7) is 1.05. The fraction of sp³-hybridized carbons (Fsp3) is 0.316. The topological polar surface area (TPSA) is 61.8 Å². The normalized spacial score (nSPS) is 10.2. The zero-order chi connectivity index (χ0) is 17.4. The molecule has 2 amide bonds. The number of nitrogens with zero attached hydrogens (tertiary/aromatic N) is 1. The highest BCUT2D eigenvalue weighted by Gasteiger charge is 2.10. The smallest absolute Gasteiger partial charge is 0.317 e. The van der Waals surface area contributed by atoms with Crippen molar-refractivity contribution < 1.29 is 14.6 Å². The lowest BCUT2D eigenvalue weighted by Gasteiger charge is -2.18. The van der Waals surface area contributed by atoms with Crippen LogP contribution in [0.2, 0.25) is 0 Å². The van der Waals surface area contributed by atoms with Crippen LogP contribution >= 0.6 is 0 Å². The second-order valence-corrected chi connectivity index (χ2v) is 5.68. The third-order valence-corrected chi connectivity index (χ3v) is 3.77. The van der Waals surface area contributed by atoms with Crippen molar-refractivity contribution in [1.29, 1.82) is 0 Å². The van der Waals surface area contributed by atoms with Crippen LogP contribution in [0, 0.1) is 0 Å². The fourth-order valence-corrected chi connectivity index (χ4v) is 2.45. The van der Waals surface area contributed by atoms with E-state index >= 15 is 0 Å². The molecule has 128 valence electrons. The molecule has 0 saturated carbocycles. The highest BCUT2D eigenvalue weighted by atomic mass is 16.5. The molecule has 0 aliphatic rings. The minimum atomic E-state index is -0.127. The second kappa shape index (κ2) is 8.82. The molecule has 0 aromatic heterocycles. The lowest BCUT2D eigenvalue weighted by atomic mass is 10.1. The number of aromatic hydroxyl groups is 1. The van der Waals surface area contributed by atoms with Gasteiger partial charge in [0.05, 0.1) is 7.11 Å². The molecule has 0 atom stereocenters. The van der Waals surface area contributed by atoms with Gasteiger partial charge in [0.15, 0.2) is 11.5 Å². The summed E-state index contributed by atoms with van der Waals surface area (Å²) >= 11 is 0. The van der Waals surface area contributed by atoms with E-state index < -0.39 is 0 Å². The van der Waals surface area contributed by atoms with Crippen molar-refractivity contribution in [2.24, 2.45) is 0 Å². The number of methoxy groups -OCH3 is 1. The van der Waals surface area contributed by atoms with Crippen LogP contribution in [0.5, 0.6) is 11.5 Å². The van der Waals surface area contributed by atoms with E-state index in [4.69, 9.17) is 4.74 Å². The summed E-state index contributed by atoms with van der Waals surface area (Å²) in [5.74, 6) is 0.499. The molecule has 0 aliphatic carbocycles. The number of benzene rings is 2. The van der Waals surface area contributed by atoms with Crippen molar-refractivity contribution in [3.8, 4) is 11.5 Å². The van der Waals surface area contributed by atoms with Crippen molar-refractivity contribution in [2.75, 3.05) is 20.7 Å². The van der Waals surface area contributed by atoms with Crippen molar-refractivity contribution >= 4 is 6.03 Å². The van der Waals surface area contributed by atoms with Gasteiger partial charge in [-0.3, -0.25) is 0 Å². The third kappa shape index (κ3) is 5.19. The Labute approximate surface area is 142 Å². The lowest BCUT2D eigenvalue weighted by Crippen LogP contribution is -2.37. The van der Waals surface area contributed by atoms with Crippen molar-refractivity contribution in [3.63, 3.8) is 0 Å². The maximum absolute atomic E-state index is 12.1. The van der Waals surface area contributed by atoms with E-state index in [1.54, 1.807) is 24.1 Å². The Hall–Kier alpha value is -2.69. The number of phenolic OH excluding ortho intramolecular Hbond substituents is 1. The number of aryl methyl sites for hydroxylation is 1. The van der Waals surface area contributed by atoms with Crippen LogP contribution in [-0.4, -0.2) is 36.7 Å². The number of phenols is 1. The second-order valence-electron chi connectivity index (χ2n) is 5.68. The Morgan fingerprint density at radius 2 is 1.92 bits per heavy atom. The quantitative estimate of drug-likeness (QED) is 0.768. The molecule has 0 heterocycles. The minimum Gasteiger partial charge on any atom is -0.504 e. The van der Waals surface area contributed by atoms with Gasteiger partial charge in [0, 0.05) is 20.1 Å². The average Bonchev–Trinajstić information content (AvgIpc) is 2.59. The molecule has 2 N–H and O–H groups in total. The van der Waals surface area contributed by atoms with Gasteiger partial charge in [-0.1, -0.05) is 36.4 Å². The molecule has 2 rings (SSSR count). The Morgan fingerprint density at radius 3 is 2.58 bits per heavy atom. The van der Waals surface area contributed by atoms with Gasteiger partial charge >= 0.3 is 6.03 Å². The van der Waals surface area contributed by atoms with Crippen LogP contribution in [0.25, 0.3) is 0 Å². The summed E-state index contributed by atoms with van der Waals surface area (Å²) in [6.07, 6.45) is 1.84. The molecule has 0 saturated heterocycles. The number of ether oxygens (including phenoxy) is 1. The molecule has 24 heavy (non-hydrogen) atoms. The van der Waals surface area contributed by atoms with Gasteiger partial charge in [-0.2, -0.15) is 0 Å². The molecule has 0 fully saturated rings. The number of urea groups is 1. The van der Waals surface area contributed by atoms with Gasteiger partial charge in [-0.15, -0.1) is 0 Å². The van der Waals surface area contributed by atoms with Crippen LogP contribution in [0.3, 0.4) is 0 Å². The Balaban J connectivity index is 1.74. The summed E-state index contributed by atoms with van der Waals surface area (Å²) in [5.41, 5.74) is 2.11. The highest BCUT2D eigenvalue weighted by molar-refractivity contribution is 5.73. The van der Waals surface area contributed by atoms with Gasteiger partial charge in [-0.25, -0.2) is 4.79 Å². The first kappa shape index (κ1) is 17.7. The number of carbonyl (C=O) groups is 1. The van der Waals surface area contributed by atoms with Crippen molar-refractivity contribution in [3.05, 3.63) is 59.7 Å². The van der Waals surface area contributed by atoms with E-state index in [0.717, 1.165) is 18.4 Å². The number of carbonyl (C=O) groups excluding carboxylic acids is 1. The minimum absolute atomic E-state index is 0.0756. The molecule has 2 aromatic rings. The Morgan fingerprint density at radius 1 is 1.17 bits per heavy atom. The summed E-state index contributed by atoms with van der Waals surface area (Å²) < 4.78 is 5.01. The third-order valence-electron chi connectivity index (χ3n) is 3.77. The molecule has 0 aliphatic heterocycles. The maximum Gasteiger partial charge on any atom is 0.317 e. The Bertz CT molecular complexity index is 659. The van der Waals surface area contributed by atoms with Crippen molar-refractivity contribution in [1.82, 2.24) is 10.2 Å². The maximum atomic E-state index is 12.1. The van der Waals surface area contributed by atoms with Crippen LogP contribution in [-0.2, 0) is 13.0 Å². The van der Waals surface area contributed by atoms with Gasteiger partial charge in [0.25, 0.3) is 0 Å².